The number of piperidine rings is 1. The van der Waals surface area contributed by atoms with Crippen molar-refractivity contribution in [2.45, 2.75) is 25.7 Å². The molecular formula is C16H18BrClN2O2. The third-order valence-electron chi connectivity index (χ3n) is 4.29. The van der Waals surface area contributed by atoms with Gasteiger partial charge in [0.15, 0.2) is 0 Å². The fraction of sp³-hybridized carbons (Fsp3) is 0.500. The van der Waals surface area contributed by atoms with Gasteiger partial charge in [0, 0.05) is 29.4 Å². The third kappa shape index (κ3) is 3.63. The smallest absolute Gasteiger partial charge is 0.227 e. The quantitative estimate of drug-likeness (QED) is 0.862. The van der Waals surface area contributed by atoms with Crippen LogP contribution in [-0.4, -0.2) is 29.8 Å². The Morgan fingerprint density at radius 3 is 2.41 bits per heavy atom. The zero-order valence-electron chi connectivity index (χ0n) is 12.1. The minimum absolute atomic E-state index is 0.0113. The van der Waals surface area contributed by atoms with Gasteiger partial charge in [0.1, 0.15) is 0 Å². The Labute approximate surface area is 143 Å². The van der Waals surface area contributed by atoms with E-state index >= 15 is 0 Å². The number of anilines is 1. The number of nitrogens with one attached hydrogen (secondary N) is 1. The second kappa shape index (κ2) is 6.59. The van der Waals surface area contributed by atoms with Crippen molar-refractivity contribution < 1.29 is 9.59 Å². The van der Waals surface area contributed by atoms with E-state index in [1.165, 1.54) is 0 Å². The fourth-order valence-electron chi connectivity index (χ4n) is 2.78. The number of nitrogens with zero attached hydrogens (tertiary/aromatic N) is 1. The van der Waals surface area contributed by atoms with E-state index in [1.54, 1.807) is 12.1 Å². The molecule has 1 aromatic rings. The van der Waals surface area contributed by atoms with Crippen LogP contribution in [0.15, 0.2) is 22.7 Å². The van der Waals surface area contributed by atoms with Crippen LogP contribution in [0, 0.1) is 11.8 Å². The van der Waals surface area contributed by atoms with Gasteiger partial charge in [-0.25, -0.2) is 0 Å². The van der Waals surface area contributed by atoms with Crippen molar-refractivity contribution in [2.24, 2.45) is 11.8 Å². The molecule has 2 amide bonds. The van der Waals surface area contributed by atoms with Crippen molar-refractivity contribution in [1.29, 1.82) is 0 Å². The molecule has 2 aliphatic rings. The highest BCUT2D eigenvalue weighted by molar-refractivity contribution is 9.10. The number of hydrogen-bond acceptors (Lipinski definition) is 2. The summed E-state index contributed by atoms with van der Waals surface area (Å²) in [4.78, 5) is 26.3. The predicted octanol–water partition coefficient (Wildman–Crippen LogP) is 3.69. The van der Waals surface area contributed by atoms with Gasteiger partial charge in [0.2, 0.25) is 11.8 Å². The van der Waals surface area contributed by atoms with Gasteiger partial charge in [-0.15, -0.1) is 0 Å². The molecule has 1 aromatic carbocycles. The number of benzene rings is 1. The summed E-state index contributed by atoms with van der Waals surface area (Å²) in [7, 11) is 0. The predicted molar refractivity (Wildman–Crippen MR) is 89.8 cm³/mol. The van der Waals surface area contributed by atoms with Crippen molar-refractivity contribution >= 4 is 45.0 Å². The molecule has 0 aromatic heterocycles. The van der Waals surface area contributed by atoms with Crippen molar-refractivity contribution in [2.75, 3.05) is 18.4 Å². The summed E-state index contributed by atoms with van der Waals surface area (Å²) in [5.74, 6) is 0.465. The van der Waals surface area contributed by atoms with Gasteiger partial charge in [-0.1, -0.05) is 27.5 Å². The summed E-state index contributed by atoms with van der Waals surface area (Å²) >= 11 is 9.46. The molecular weight excluding hydrogens is 368 g/mol. The Kier molecular flexibility index (Phi) is 4.73. The molecule has 0 atom stereocenters. The molecule has 2 fully saturated rings. The van der Waals surface area contributed by atoms with E-state index in [2.05, 4.69) is 21.2 Å². The SMILES string of the molecule is O=C(Nc1ccc(Br)cc1Cl)C1CCN(C(=O)C2CC2)CC1. The molecule has 1 aliphatic carbocycles. The highest BCUT2D eigenvalue weighted by Gasteiger charge is 2.35. The summed E-state index contributed by atoms with van der Waals surface area (Å²) in [6.45, 7) is 1.36. The normalized spacial score (nSPS) is 19.1. The van der Waals surface area contributed by atoms with Gasteiger partial charge >= 0.3 is 0 Å². The molecule has 1 saturated carbocycles. The molecule has 1 N–H and O–H groups in total. The average Bonchev–Trinajstić information content (AvgIpc) is 3.34. The largest absolute Gasteiger partial charge is 0.342 e. The van der Waals surface area contributed by atoms with Gasteiger partial charge in [0.05, 0.1) is 10.7 Å². The van der Waals surface area contributed by atoms with E-state index in [9.17, 15) is 9.59 Å². The van der Waals surface area contributed by atoms with E-state index in [-0.39, 0.29) is 23.7 Å². The monoisotopic (exact) mass is 384 g/mol. The first-order valence-electron chi connectivity index (χ1n) is 7.59. The molecule has 1 heterocycles. The van der Waals surface area contributed by atoms with Crippen LogP contribution in [0.25, 0.3) is 0 Å². The maximum absolute atomic E-state index is 12.3. The van der Waals surface area contributed by atoms with Gasteiger partial charge < -0.3 is 10.2 Å². The molecule has 3 rings (SSSR count). The highest BCUT2D eigenvalue weighted by atomic mass is 79.9. The molecule has 6 heteroatoms. The van der Waals surface area contributed by atoms with Crippen LogP contribution in [0.5, 0.6) is 0 Å². The molecule has 1 saturated heterocycles. The summed E-state index contributed by atoms with van der Waals surface area (Å²) in [5.41, 5.74) is 0.631. The van der Waals surface area contributed by atoms with Crippen LogP contribution >= 0.6 is 27.5 Å². The van der Waals surface area contributed by atoms with E-state index in [1.807, 2.05) is 11.0 Å². The molecule has 22 heavy (non-hydrogen) atoms. The molecule has 0 spiro atoms. The van der Waals surface area contributed by atoms with Crippen molar-refractivity contribution in [3.8, 4) is 0 Å². The maximum Gasteiger partial charge on any atom is 0.227 e. The minimum atomic E-state index is -0.0528. The van der Waals surface area contributed by atoms with Crippen LogP contribution in [0.2, 0.25) is 5.02 Å². The van der Waals surface area contributed by atoms with Gasteiger partial charge in [-0.2, -0.15) is 0 Å². The topological polar surface area (TPSA) is 49.4 Å². The van der Waals surface area contributed by atoms with E-state index < -0.39 is 0 Å². The van der Waals surface area contributed by atoms with Gasteiger partial charge in [-0.05, 0) is 43.9 Å². The molecule has 0 unspecified atom stereocenters. The van der Waals surface area contributed by atoms with Crippen LogP contribution < -0.4 is 5.32 Å². The minimum Gasteiger partial charge on any atom is -0.342 e. The van der Waals surface area contributed by atoms with E-state index in [4.69, 9.17) is 11.6 Å². The number of amides is 2. The summed E-state index contributed by atoms with van der Waals surface area (Å²) in [6.07, 6.45) is 3.50. The lowest BCUT2D eigenvalue weighted by atomic mass is 9.95. The Morgan fingerprint density at radius 2 is 1.82 bits per heavy atom. The average molecular weight is 386 g/mol. The molecule has 0 radical (unpaired) electrons. The van der Waals surface area contributed by atoms with Crippen molar-refractivity contribution in [1.82, 2.24) is 4.90 Å². The lowest BCUT2D eigenvalue weighted by Crippen LogP contribution is -2.42. The summed E-state index contributed by atoms with van der Waals surface area (Å²) < 4.78 is 0.877. The second-order valence-corrected chi connectivity index (χ2v) is 7.31. The van der Waals surface area contributed by atoms with Crippen molar-refractivity contribution in [3.63, 3.8) is 0 Å². The van der Waals surface area contributed by atoms with Crippen LogP contribution in [0.4, 0.5) is 5.69 Å². The third-order valence-corrected chi connectivity index (χ3v) is 5.10. The number of rotatable bonds is 3. The maximum atomic E-state index is 12.3. The first-order chi connectivity index (χ1) is 10.5. The zero-order chi connectivity index (χ0) is 15.7. The summed E-state index contributed by atoms with van der Waals surface area (Å²) in [6, 6.07) is 5.39. The summed E-state index contributed by atoms with van der Waals surface area (Å²) in [5, 5.41) is 3.41. The number of likely N-dealkylation sites (tertiary alicyclic amines) is 1. The molecule has 1 aliphatic heterocycles. The van der Waals surface area contributed by atoms with Crippen LogP contribution in [-0.2, 0) is 9.59 Å². The zero-order valence-corrected chi connectivity index (χ0v) is 14.5. The number of carbonyl (C=O) groups is 2. The number of halogens is 2. The van der Waals surface area contributed by atoms with Gasteiger partial charge in [0.25, 0.3) is 0 Å². The van der Waals surface area contributed by atoms with Crippen LogP contribution in [0.1, 0.15) is 25.7 Å². The Hall–Kier alpha value is -1.07. The molecule has 118 valence electrons. The Bertz CT molecular complexity index is 596. The highest BCUT2D eigenvalue weighted by Crippen LogP contribution is 2.33. The molecule has 4 nitrogen and oxygen atoms in total. The number of hydrogen-bond donors (Lipinski definition) is 1. The first kappa shape index (κ1) is 15.8. The standard InChI is InChI=1S/C16H18BrClN2O2/c17-12-3-4-14(13(18)9-12)19-15(21)10-5-7-20(8-6-10)16(22)11-1-2-11/h3-4,9-11H,1-2,5-8H2,(H,19,21). The van der Waals surface area contributed by atoms with E-state index in [0.29, 0.717) is 23.8 Å². The van der Waals surface area contributed by atoms with Crippen molar-refractivity contribution in [3.05, 3.63) is 27.7 Å². The van der Waals surface area contributed by atoms with Crippen LogP contribution in [0.3, 0.4) is 0 Å². The lowest BCUT2D eigenvalue weighted by molar-refractivity contribution is -0.135. The number of carbonyl (C=O) groups excluding carboxylic acids is 2. The Morgan fingerprint density at radius 1 is 1.14 bits per heavy atom. The van der Waals surface area contributed by atoms with Gasteiger partial charge in [-0.3, -0.25) is 9.59 Å². The first-order valence-corrected chi connectivity index (χ1v) is 8.76. The second-order valence-electron chi connectivity index (χ2n) is 5.99. The Balaban J connectivity index is 1.54. The lowest BCUT2D eigenvalue weighted by Gasteiger charge is -2.31. The molecule has 0 bridgehead atoms. The fourth-order valence-corrected chi connectivity index (χ4v) is 3.50. The van der Waals surface area contributed by atoms with E-state index in [0.717, 1.165) is 30.2 Å².